The predicted octanol–water partition coefficient (Wildman–Crippen LogP) is 1.19. The third-order valence-corrected chi connectivity index (χ3v) is 9.00. The third-order valence-electron chi connectivity index (χ3n) is 7.09. The third kappa shape index (κ3) is 2.30. The average molecular weight is 440 g/mol. The molecule has 6 rings (SSSR count). The first-order valence-corrected chi connectivity index (χ1v) is 11.3. The number of sulfonamides is 1. The summed E-state index contributed by atoms with van der Waals surface area (Å²) in [7, 11) is -3.86. The number of anilines is 1. The fourth-order valence-electron chi connectivity index (χ4n) is 5.95. The molecule has 2 saturated carbocycles. The molecule has 10 nitrogen and oxygen atoms in total. The number of rotatable bonds is 4. The molecule has 3 heterocycles. The zero-order valence-electron chi connectivity index (χ0n) is 15.9. The van der Waals surface area contributed by atoms with Gasteiger partial charge in [-0.1, -0.05) is 6.07 Å². The van der Waals surface area contributed by atoms with E-state index in [4.69, 9.17) is 0 Å². The van der Waals surface area contributed by atoms with Crippen molar-refractivity contribution in [3.63, 3.8) is 0 Å². The van der Waals surface area contributed by atoms with E-state index in [1.54, 1.807) is 18.2 Å². The Balaban J connectivity index is 1.29. The summed E-state index contributed by atoms with van der Waals surface area (Å²) in [6.07, 6.45) is 2.18. The van der Waals surface area contributed by atoms with Crippen molar-refractivity contribution in [3.05, 3.63) is 58.8 Å². The van der Waals surface area contributed by atoms with E-state index in [1.807, 2.05) is 0 Å². The van der Waals surface area contributed by atoms with Crippen LogP contribution >= 0.6 is 0 Å². The van der Waals surface area contributed by atoms with Crippen molar-refractivity contribution in [3.8, 4) is 0 Å². The van der Waals surface area contributed by atoms with Crippen LogP contribution in [0.25, 0.3) is 0 Å². The van der Waals surface area contributed by atoms with Crippen LogP contribution in [0.3, 0.4) is 0 Å². The van der Waals surface area contributed by atoms with Gasteiger partial charge in [0.25, 0.3) is 5.69 Å². The Morgan fingerprint density at radius 2 is 1.58 bits per heavy atom. The van der Waals surface area contributed by atoms with Gasteiger partial charge < -0.3 is 0 Å². The number of non-ortho nitro benzene ring substituents is 1. The molecule has 158 valence electrons. The lowest BCUT2D eigenvalue weighted by Crippen LogP contribution is -2.35. The number of hydrogen-bond donors (Lipinski definition) is 0. The quantitative estimate of drug-likeness (QED) is 0.302. The van der Waals surface area contributed by atoms with E-state index < -0.39 is 26.8 Å². The first kappa shape index (κ1) is 18.6. The minimum Gasteiger partial charge on any atom is -0.274 e. The van der Waals surface area contributed by atoms with Gasteiger partial charge in [0.1, 0.15) is 5.82 Å². The smallest absolute Gasteiger partial charge is 0.269 e. The highest BCUT2D eigenvalue weighted by Crippen LogP contribution is 2.66. The molecule has 1 aromatic heterocycles. The molecule has 11 heteroatoms. The van der Waals surface area contributed by atoms with Gasteiger partial charge >= 0.3 is 0 Å². The van der Waals surface area contributed by atoms with Gasteiger partial charge in [-0.25, -0.2) is 18.3 Å². The second-order valence-corrected chi connectivity index (χ2v) is 10.2. The Labute approximate surface area is 176 Å². The summed E-state index contributed by atoms with van der Waals surface area (Å²) in [6, 6.07) is 9.17. The van der Waals surface area contributed by atoms with Crippen LogP contribution in [-0.4, -0.2) is 46.5 Å². The molecule has 0 spiro atoms. The Kier molecular flexibility index (Phi) is 3.57. The summed E-state index contributed by atoms with van der Waals surface area (Å²) in [5.74, 6) is -1.79. The van der Waals surface area contributed by atoms with Crippen molar-refractivity contribution in [2.24, 2.45) is 23.7 Å². The number of piperidine rings is 1. The Morgan fingerprint density at radius 3 is 2.10 bits per heavy atom. The lowest BCUT2D eigenvalue weighted by atomic mass is 9.81. The largest absolute Gasteiger partial charge is 0.274 e. The summed E-state index contributed by atoms with van der Waals surface area (Å²) in [5, 5.41) is 10.8. The van der Waals surface area contributed by atoms with E-state index in [1.165, 1.54) is 22.6 Å². The van der Waals surface area contributed by atoms with Gasteiger partial charge in [0.2, 0.25) is 21.8 Å². The molecular weight excluding hydrogens is 424 g/mol. The van der Waals surface area contributed by atoms with Crippen LogP contribution in [0.2, 0.25) is 0 Å². The zero-order valence-corrected chi connectivity index (χ0v) is 16.8. The normalized spacial score (nSPS) is 35.2. The first-order valence-electron chi connectivity index (χ1n) is 9.89. The van der Waals surface area contributed by atoms with Crippen molar-refractivity contribution < 1.29 is 22.9 Å². The monoisotopic (exact) mass is 440 g/mol. The zero-order chi connectivity index (χ0) is 21.7. The van der Waals surface area contributed by atoms with Gasteiger partial charge in [-0.15, -0.1) is 0 Å². The molecule has 1 aromatic carbocycles. The molecular formula is C20H16N4O6S. The fourth-order valence-corrected chi connectivity index (χ4v) is 7.82. The standard InChI is InChI=1S/C20H16N4O6S/c25-19-15-12-9-13(16(15)20(26)22(19)14-3-1-2-8-21-14)18-17(12)23(18)31(29,30)11-6-4-10(5-7-11)24(27)28/h1-8,12-13,15-18H,9H2/t12-,13+,15-,16+,17-,18+,23?. The number of amides is 2. The first-order chi connectivity index (χ1) is 14.8. The summed E-state index contributed by atoms with van der Waals surface area (Å²) in [5.41, 5.74) is -0.189. The number of carbonyl (C=O) groups excluding carboxylic acids is 2. The summed E-state index contributed by atoms with van der Waals surface area (Å²) in [6.45, 7) is 0. The number of nitrogens with zero attached hydrogens (tertiary/aromatic N) is 4. The molecule has 2 amide bonds. The molecule has 2 aromatic rings. The Morgan fingerprint density at radius 1 is 0.968 bits per heavy atom. The number of nitro benzene ring substituents is 1. The second-order valence-electron chi connectivity index (χ2n) is 8.38. The van der Waals surface area contributed by atoms with E-state index in [-0.39, 0.29) is 46.3 Å². The molecule has 4 aliphatic rings. The molecule has 0 N–H and O–H groups in total. The molecule has 2 bridgehead atoms. The SMILES string of the molecule is O=C1[C@@H]2[C@H]3C[C@@H]([C@@H]2C(=O)N1c1ccccn1)[C@H]1[C@@H]3N1S(=O)(=O)c1ccc([N+](=O)[O-])cc1. The second kappa shape index (κ2) is 5.95. The highest BCUT2D eigenvalue weighted by atomic mass is 32.2. The number of benzene rings is 1. The van der Waals surface area contributed by atoms with Crippen LogP contribution in [0.15, 0.2) is 53.6 Å². The summed E-state index contributed by atoms with van der Waals surface area (Å²) < 4.78 is 27.7. The van der Waals surface area contributed by atoms with E-state index in [2.05, 4.69) is 4.98 Å². The van der Waals surface area contributed by atoms with Gasteiger partial charge in [-0.3, -0.25) is 19.7 Å². The molecule has 2 aliphatic heterocycles. The minimum atomic E-state index is -3.86. The maximum atomic E-state index is 13.1. The molecule has 31 heavy (non-hydrogen) atoms. The molecule has 4 fully saturated rings. The number of nitro groups is 1. The van der Waals surface area contributed by atoms with Crippen LogP contribution in [0, 0.1) is 33.8 Å². The van der Waals surface area contributed by atoms with Crippen molar-refractivity contribution >= 4 is 33.3 Å². The number of imide groups is 1. The lowest BCUT2D eigenvalue weighted by Gasteiger charge is -2.19. The minimum absolute atomic E-state index is 0.0233. The topological polar surface area (TPSA) is 131 Å². The van der Waals surface area contributed by atoms with E-state index in [0.29, 0.717) is 12.2 Å². The maximum Gasteiger partial charge on any atom is 0.269 e. The number of fused-ring (bicyclic) bond motifs is 8. The Bertz CT molecular complexity index is 1210. The van der Waals surface area contributed by atoms with Crippen LogP contribution in [0.4, 0.5) is 11.5 Å². The van der Waals surface area contributed by atoms with Gasteiger partial charge in [-0.05, 0) is 42.5 Å². The van der Waals surface area contributed by atoms with Gasteiger partial charge in [-0.2, -0.15) is 4.31 Å². The van der Waals surface area contributed by atoms with Gasteiger partial charge in [0.05, 0.1) is 21.7 Å². The average Bonchev–Trinajstić information content (AvgIpc) is 3.15. The number of hydrogen-bond acceptors (Lipinski definition) is 7. The molecule has 7 atom stereocenters. The predicted molar refractivity (Wildman–Crippen MR) is 105 cm³/mol. The number of pyridine rings is 1. The molecule has 2 saturated heterocycles. The number of carbonyl (C=O) groups is 2. The molecule has 2 aliphatic carbocycles. The van der Waals surface area contributed by atoms with E-state index >= 15 is 0 Å². The molecule has 1 unspecified atom stereocenters. The van der Waals surface area contributed by atoms with Crippen LogP contribution in [-0.2, 0) is 19.6 Å². The summed E-state index contributed by atoms with van der Waals surface area (Å²) in [4.78, 5) is 41.7. The van der Waals surface area contributed by atoms with Crippen LogP contribution < -0.4 is 4.90 Å². The Hall–Kier alpha value is -3.18. The highest BCUT2D eigenvalue weighted by Gasteiger charge is 2.78. The van der Waals surface area contributed by atoms with Gasteiger partial charge in [0.15, 0.2) is 0 Å². The van der Waals surface area contributed by atoms with Crippen molar-refractivity contribution in [2.75, 3.05) is 4.90 Å². The van der Waals surface area contributed by atoms with Crippen molar-refractivity contribution in [1.82, 2.24) is 9.29 Å². The van der Waals surface area contributed by atoms with Gasteiger partial charge in [0, 0.05) is 30.4 Å². The van der Waals surface area contributed by atoms with Crippen LogP contribution in [0.5, 0.6) is 0 Å². The van der Waals surface area contributed by atoms with Crippen molar-refractivity contribution in [2.45, 2.75) is 23.4 Å². The number of aromatic nitrogens is 1. The highest BCUT2D eigenvalue weighted by molar-refractivity contribution is 7.89. The van der Waals surface area contributed by atoms with E-state index in [0.717, 1.165) is 17.0 Å². The fraction of sp³-hybridized carbons (Fsp3) is 0.350. The lowest BCUT2D eigenvalue weighted by molar-refractivity contribution is -0.384. The van der Waals surface area contributed by atoms with E-state index in [9.17, 15) is 28.1 Å². The van der Waals surface area contributed by atoms with Crippen molar-refractivity contribution in [1.29, 1.82) is 0 Å². The van der Waals surface area contributed by atoms with Crippen LogP contribution in [0.1, 0.15) is 6.42 Å². The summed E-state index contributed by atoms with van der Waals surface area (Å²) >= 11 is 0. The maximum absolute atomic E-state index is 13.1. The molecule has 0 radical (unpaired) electrons.